The molecule has 0 saturated carbocycles. The van der Waals surface area contributed by atoms with E-state index in [-0.39, 0.29) is 15.9 Å². The van der Waals surface area contributed by atoms with Crippen molar-refractivity contribution in [2.45, 2.75) is 17.4 Å². The van der Waals surface area contributed by atoms with Crippen LogP contribution in [0.4, 0.5) is 10.8 Å². The summed E-state index contributed by atoms with van der Waals surface area (Å²) in [6.07, 6.45) is 1.31. The van der Waals surface area contributed by atoms with Gasteiger partial charge in [0.2, 0.25) is 0 Å². The minimum atomic E-state index is -3.75. The van der Waals surface area contributed by atoms with Gasteiger partial charge in [-0.2, -0.15) is 0 Å². The van der Waals surface area contributed by atoms with Gasteiger partial charge in [-0.1, -0.05) is 23.2 Å². The van der Waals surface area contributed by atoms with E-state index >= 15 is 0 Å². The number of amides is 1. The Hall–Kier alpha value is -2.33. The van der Waals surface area contributed by atoms with Crippen LogP contribution in [0.5, 0.6) is 5.75 Å². The van der Waals surface area contributed by atoms with E-state index in [0.29, 0.717) is 34.4 Å². The molecule has 1 aliphatic rings. The minimum absolute atomic E-state index is 0.0776. The predicted octanol–water partition coefficient (Wildman–Crippen LogP) is 4.44. The number of rotatable bonds is 6. The van der Waals surface area contributed by atoms with Crippen molar-refractivity contribution >= 4 is 61.3 Å². The second kappa shape index (κ2) is 8.43. The third-order valence-corrected chi connectivity index (χ3v) is 7.14. The highest BCUT2D eigenvalue weighted by Gasteiger charge is 2.34. The molecule has 2 heterocycles. The molecule has 1 fully saturated rings. The second-order valence-corrected chi connectivity index (χ2v) is 9.82. The summed E-state index contributed by atoms with van der Waals surface area (Å²) in [5.74, 6) is 0.161. The lowest BCUT2D eigenvalue weighted by molar-refractivity contribution is -0.122. The molecule has 11 heteroatoms. The molecule has 7 nitrogen and oxygen atoms in total. The zero-order valence-electron chi connectivity index (χ0n) is 15.3. The normalized spacial score (nSPS) is 16.7. The summed E-state index contributed by atoms with van der Waals surface area (Å²) in [4.78, 5) is 18.3. The van der Waals surface area contributed by atoms with Gasteiger partial charge in [0.1, 0.15) is 5.75 Å². The molecule has 1 aromatic heterocycles. The van der Waals surface area contributed by atoms with Crippen LogP contribution >= 0.6 is 34.5 Å². The van der Waals surface area contributed by atoms with Crippen LogP contribution in [0.2, 0.25) is 10.0 Å². The zero-order chi connectivity index (χ0) is 21.3. The van der Waals surface area contributed by atoms with Crippen molar-refractivity contribution in [3.05, 3.63) is 64.1 Å². The van der Waals surface area contributed by atoms with Gasteiger partial charge in [-0.3, -0.25) is 9.52 Å². The van der Waals surface area contributed by atoms with Crippen LogP contribution in [0, 0.1) is 0 Å². The molecule has 4 rings (SSSR count). The largest absolute Gasteiger partial charge is 0.479 e. The first-order valence-corrected chi connectivity index (χ1v) is 11.9. The quantitative estimate of drug-likeness (QED) is 0.559. The molecule has 0 radical (unpaired) electrons. The molecule has 1 amide bonds. The van der Waals surface area contributed by atoms with E-state index in [1.807, 2.05) is 0 Å². The van der Waals surface area contributed by atoms with E-state index in [1.54, 1.807) is 40.6 Å². The Labute approximate surface area is 187 Å². The van der Waals surface area contributed by atoms with E-state index in [9.17, 15) is 13.2 Å². The number of sulfonamides is 1. The summed E-state index contributed by atoms with van der Waals surface area (Å²) in [5.41, 5.74) is 0.585. The number of ether oxygens (including phenoxy) is 1. The fourth-order valence-corrected chi connectivity index (χ4v) is 5.24. The highest BCUT2D eigenvalue weighted by atomic mass is 35.5. The number of anilines is 2. The van der Waals surface area contributed by atoms with Crippen LogP contribution in [0.1, 0.15) is 6.42 Å². The van der Waals surface area contributed by atoms with Crippen molar-refractivity contribution in [2.75, 3.05) is 16.2 Å². The fraction of sp³-hybridized carbons (Fsp3) is 0.158. The molecular weight excluding hydrogens is 469 g/mol. The van der Waals surface area contributed by atoms with E-state index in [0.717, 1.165) is 0 Å². The Kier molecular flexibility index (Phi) is 5.88. The van der Waals surface area contributed by atoms with Gasteiger partial charge in [-0.05, 0) is 42.5 Å². The van der Waals surface area contributed by atoms with Gasteiger partial charge < -0.3 is 9.64 Å². The highest BCUT2D eigenvalue weighted by molar-refractivity contribution is 7.93. The summed E-state index contributed by atoms with van der Waals surface area (Å²) in [7, 11) is -3.75. The van der Waals surface area contributed by atoms with E-state index in [2.05, 4.69) is 9.71 Å². The van der Waals surface area contributed by atoms with Gasteiger partial charge in [-0.15, -0.1) is 11.3 Å². The number of hydrogen-bond donors (Lipinski definition) is 1. The molecule has 0 spiro atoms. The predicted molar refractivity (Wildman–Crippen MR) is 117 cm³/mol. The van der Waals surface area contributed by atoms with Crippen LogP contribution in [0.15, 0.2) is 58.9 Å². The topological polar surface area (TPSA) is 88.6 Å². The second-order valence-electron chi connectivity index (χ2n) is 6.40. The fourth-order valence-electron chi connectivity index (χ4n) is 3.00. The maximum absolute atomic E-state index is 12.8. The third kappa shape index (κ3) is 4.39. The standard InChI is InChI=1S/C19H15Cl2N3O4S2/c20-12-1-6-16(15(21)11-12)28-17-7-9-24(18(17)25)13-2-4-14(5-3-13)30(26,27)23-19-22-8-10-29-19/h1-6,8,10-11,17H,7,9H2,(H,22,23). The minimum Gasteiger partial charge on any atom is -0.479 e. The maximum atomic E-state index is 12.8. The van der Waals surface area contributed by atoms with Crippen molar-refractivity contribution in [3.63, 3.8) is 0 Å². The number of carbonyl (C=O) groups excluding carboxylic acids is 1. The van der Waals surface area contributed by atoms with Crippen LogP contribution in [-0.4, -0.2) is 32.0 Å². The van der Waals surface area contributed by atoms with E-state index in [1.165, 1.54) is 29.7 Å². The number of benzene rings is 2. The monoisotopic (exact) mass is 483 g/mol. The zero-order valence-corrected chi connectivity index (χ0v) is 18.4. The Morgan fingerprint density at radius 1 is 1.17 bits per heavy atom. The molecule has 1 unspecified atom stereocenters. The molecule has 0 aliphatic carbocycles. The first kappa shape index (κ1) is 20.9. The van der Waals surface area contributed by atoms with Gasteiger partial charge in [0.15, 0.2) is 11.2 Å². The molecule has 3 aromatic rings. The Bertz CT molecular complexity index is 1170. The van der Waals surface area contributed by atoms with Gasteiger partial charge >= 0.3 is 0 Å². The SMILES string of the molecule is O=C1C(Oc2ccc(Cl)cc2Cl)CCN1c1ccc(S(=O)(=O)Nc2nccs2)cc1. The highest BCUT2D eigenvalue weighted by Crippen LogP contribution is 2.31. The molecule has 1 saturated heterocycles. The summed E-state index contributed by atoms with van der Waals surface area (Å²) >= 11 is 13.2. The van der Waals surface area contributed by atoms with Crippen molar-refractivity contribution in [3.8, 4) is 5.75 Å². The third-order valence-electron chi connectivity index (χ3n) is 4.43. The van der Waals surface area contributed by atoms with Crippen molar-refractivity contribution in [1.82, 2.24) is 4.98 Å². The number of halogens is 2. The lowest BCUT2D eigenvalue weighted by Crippen LogP contribution is -2.32. The van der Waals surface area contributed by atoms with E-state index in [4.69, 9.17) is 27.9 Å². The summed E-state index contributed by atoms with van der Waals surface area (Å²) in [5, 5.41) is 2.77. The molecule has 1 atom stereocenters. The van der Waals surface area contributed by atoms with Crippen LogP contribution in [-0.2, 0) is 14.8 Å². The molecular formula is C19H15Cl2N3O4S2. The van der Waals surface area contributed by atoms with Crippen LogP contribution < -0.4 is 14.4 Å². The summed E-state index contributed by atoms with van der Waals surface area (Å²) in [6, 6.07) is 10.9. The van der Waals surface area contributed by atoms with Gasteiger partial charge in [-0.25, -0.2) is 13.4 Å². The van der Waals surface area contributed by atoms with Crippen molar-refractivity contribution in [1.29, 1.82) is 0 Å². The first-order valence-electron chi connectivity index (χ1n) is 8.79. The molecule has 0 bridgehead atoms. The molecule has 2 aromatic carbocycles. The Balaban J connectivity index is 1.46. The molecule has 30 heavy (non-hydrogen) atoms. The average Bonchev–Trinajstić information content (AvgIpc) is 3.34. The lowest BCUT2D eigenvalue weighted by atomic mass is 10.3. The smallest absolute Gasteiger partial charge is 0.268 e. The summed E-state index contributed by atoms with van der Waals surface area (Å²) < 4.78 is 33.1. The first-order chi connectivity index (χ1) is 14.3. The van der Waals surface area contributed by atoms with Crippen LogP contribution in [0.3, 0.4) is 0 Å². The van der Waals surface area contributed by atoms with Gasteiger partial charge in [0.05, 0.1) is 9.92 Å². The van der Waals surface area contributed by atoms with E-state index < -0.39 is 16.1 Å². The van der Waals surface area contributed by atoms with Gasteiger partial charge in [0, 0.05) is 35.3 Å². The number of thiazole rings is 1. The average molecular weight is 484 g/mol. The number of nitrogens with one attached hydrogen (secondary N) is 1. The lowest BCUT2D eigenvalue weighted by Gasteiger charge is -2.18. The van der Waals surface area contributed by atoms with Crippen LogP contribution in [0.25, 0.3) is 0 Å². The van der Waals surface area contributed by atoms with Gasteiger partial charge in [0.25, 0.3) is 15.9 Å². The molecule has 1 aliphatic heterocycles. The number of carbonyl (C=O) groups is 1. The number of nitrogens with zero attached hydrogens (tertiary/aromatic N) is 2. The summed E-state index contributed by atoms with van der Waals surface area (Å²) in [6.45, 7) is 0.443. The Morgan fingerprint density at radius 2 is 1.93 bits per heavy atom. The number of hydrogen-bond acceptors (Lipinski definition) is 6. The van der Waals surface area contributed by atoms with Crippen molar-refractivity contribution in [2.24, 2.45) is 0 Å². The maximum Gasteiger partial charge on any atom is 0.268 e. The molecule has 1 N–H and O–H groups in total. The van der Waals surface area contributed by atoms with Crippen molar-refractivity contribution < 1.29 is 17.9 Å². The Morgan fingerprint density at radius 3 is 2.60 bits per heavy atom. The number of aromatic nitrogens is 1. The molecule has 156 valence electrons.